The van der Waals surface area contributed by atoms with Crippen molar-refractivity contribution < 1.29 is 9.59 Å². The Morgan fingerprint density at radius 2 is 2.10 bits per heavy atom. The van der Waals surface area contributed by atoms with Crippen molar-refractivity contribution in [3.05, 3.63) is 29.3 Å². The zero-order chi connectivity index (χ0) is 19.8. The Kier molecular flexibility index (Phi) is 6.60. The average molecular weight is 449 g/mol. The molecule has 4 atom stereocenters. The molecule has 2 bridgehead atoms. The van der Waals surface area contributed by atoms with Crippen LogP contribution in [0.3, 0.4) is 0 Å². The normalized spacial score (nSPS) is 28.0. The van der Waals surface area contributed by atoms with Gasteiger partial charge in [-0.25, -0.2) is 4.98 Å². The lowest BCUT2D eigenvalue weighted by molar-refractivity contribution is -0.149. The number of halogens is 1. The minimum atomic E-state index is 0. The molecule has 0 aliphatic carbocycles. The van der Waals surface area contributed by atoms with Crippen LogP contribution in [0.15, 0.2) is 24.3 Å². The van der Waals surface area contributed by atoms with Gasteiger partial charge in [-0.3, -0.25) is 9.59 Å². The van der Waals surface area contributed by atoms with Gasteiger partial charge in [0.15, 0.2) is 0 Å². The fraction of sp³-hybridized carbons (Fsp3) is 0.591. The zero-order valence-corrected chi connectivity index (χ0v) is 18.6. The van der Waals surface area contributed by atoms with Crippen LogP contribution < -0.4 is 10.6 Å². The lowest BCUT2D eigenvalue weighted by Crippen LogP contribution is -2.66. The van der Waals surface area contributed by atoms with Gasteiger partial charge in [-0.15, -0.1) is 23.7 Å². The number of piperidine rings is 3. The molecule has 1 aromatic carbocycles. The average Bonchev–Trinajstić information content (AvgIpc) is 3.16. The van der Waals surface area contributed by atoms with E-state index in [9.17, 15) is 9.59 Å². The summed E-state index contributed by atoms with van der Waals surface area (Å²) < 4.78 is 1.17. The summed E-state index contributed by atoms with van der Waals surface area (Å²) in [5.41, 5.74) is 1.00. The van der Waals surface area contributed by atoms with Crippen molar-refractivity contribution in [2.75, 3.05) is 19.6 Å². The molecule has 30 heavy (non-hydrogen) atoms. The molecule has 3 aliphatic rings. The number of benzene rings is 1. The third-order valence-corrected chi connectivity index (χ3v) is 7.91. The number of rotatable bonds is 5. The highest BCUT2D eigenvalue weighted by molar-refractivity contribution is 7.18. The molecule has 0 spiro atoms. The number of nitrogens with zero attached hydrogens (tertiary/aromatic N) is 2. The van der Waals surface area contributed by atoms with E-state index in [4.69, 9.17) is 0 Å². The molecule has 6 nitrogen and oxygen atoms in total. The van der Waals surface area contributed by atoms with E-state index in [0.29, 0.717) is 43.7 Å². The van der Waals surface area contributed by atoms with Crippen LogP contribution in [0.25, 0.3) is 10.2 Å². The van der Waals surface area contributed by atoms with Crippen LogP contribution in [0.5, 0.6) is 0 Å². The number of hydrogen-bond donors (Lipinski definition) is 2. The molecule has 5 rings (SSSR count). The van der Waals surface area contributed by atoms with Gasteiger partial charge in [0.25, 0.3) is 0 Å². The molecular weight excluding hydrogens is 420 g/mol. The molecule has 0 saturated carbocycles. The third kappa shape index (κ3) is 4.20. The van der Waals surface area contributed by atoms with Crippen LogP contribution >= 0.6 is 23.7 Å². The standard InChI is InChI=1S/C22H28N4O2S.ClH/c27-20(8-9-21-25-16-4-1-2-6-19(16)29-21)24-13-18-15-10-14(11-23-12-15)17-5-3-7-22(28)26(17)18;/h1-2,4,6,14-15,17-18,23H,3,5,7-13H2,(H,24,27);1H/t14-,15+,17+,18+;/m1./s1. The molecule has 2 aromatic rings. The molecule has 8 heteroatoms. The number of aromatic nitrogens is 1. The topological polar surface area (TPSA) is 74.3 Å². The number of para-hydroxylation sites is 1. The van der Waals surface area contributed by atoms with E-state index < -0.39 is 0 Å². The third-order valence-electron chi connectivity index (χ3n) is 6.81. The van der Waals surface area contributed by atoms with Crippen LogP contribution in [-0.2, 0) is 16.0 Å². The molecular formula is C22H29ClN4O2S. The Labute approximate surface area is 187 Å². The SMILES string of the molecule is Cl.O=C(CCc1nc2ccccc2s1)NC[C@H]1[C@@H]2CNC[C@@H](C2)[C@@H]2CCCC(=O)N21. The largest absolute Gasteiger partial charge is 0.354 e. The molecule has 2 N–H and O–H groups in total. The number of nitrogens with one attached hydrogen (secondary N) is 2. The molecule has 3 saturated heterocycles. The van der Waals surface area contributed by atoms with Crippen molar-refractivity contribution >= 4 is 45.8 Å². The predicted octanol–water partition coefficient (Wildman–Crippen LogP) is 2.76. The van der Waals surface area contributed by atoms with Gasteiger partial charge in [0, 0.05) is 38.4 Å². The Morgan fingerprint density at radius 3 is 2.97 bits per heavy atom. The zero-order valence-electron chi connectivity index (χ0n) is 17.0. The summed E-state index contributed by atoms with van der Waals surface area (Å²) in [5, 5.41) is 7.69. The molecule has 3 fully saturated rings. The molecule has 4 heterocycles. The van der Waals surface area contributed by atoms with Crippen LogP contribution in [-0.4, -0.2) is 53.4 Å². The summed E-state index contributed by atoms with van der Waals surface area (Å²) in [5.74, 6) is 1.35. The van der Waals surface area contributed by atoms with E-state index in [1.165, 1.54) is 11.1 Å². The second kappa shape index (κ2) is 9.20. The van der Waals surface area contributed by atoms with Gasteiger partial charge in [-0.1, -0.05) is 12.1 Å². The van der Waals surface area contributed by atoms with Crippen molar-refractivity contribution in [2.45, 2.75) is 50.6 Å². The number of hydrogen-bond acceptors (Lipinski definition) is 5. The van der Waals surface area contributed by atoms with Crippen molar-refractivity contribution in [3.63, 3.8) is 0 Å². The smallest absolute Gasteiger partial charge is 0.223 e. The van der Waals surface area contributed by atoms with Crippen molar-refractivity contribution in [3.8, 4) is 0 Å². The highest BCUT2D eigenvalue weighted by atomic mass is 35.5. The quantitative estimate of drug-likeness (QED) is 0.737. The molecule has 2 amide bonds. The van der Waals surface area contributed by atoms with Gasteiger partial charge in [0.1, 0.15) is 0 Å². The number of amides is 2. The van der Waals surface area contributed by atoms with Crippen LogP contribution in [0, 0.1) is 11.8 Å². The lowest BCUT2D eigenvalue weighted by atomic mass is 9.72. The first kappa shape index (κ1) is 21.5. The minimum Gasteiger partial charge on any atom is -0.354 e. The first-order valence-electron chi connectivity index (χ1n) is 10.8. The first-order valence-corrected chi connectivity index (χ1v) is 11.6. The maximum Gasteiger partial charge on any atom is 0.223 e. The van der Waals surface area contributed by atoms with E-state index in [0.717, 1.165) is 36.5 Å². The summed E-state index contributed by atoms with van der Waals surface area (Å²) in [6.45, 7) is 2.53. The Hall–Kier alpha value is -1.70. The van der Waals surface area contributed by atoms with Crippen LogP contribution in [0.2, 0.25) is 0 Å². The number of aryl methyl sites for hydroxylation is 1. The summed E-state index contributed by atoms with van der Waals surface area (Å²) in [7, 11) is 0. The number of carbonyl (C=O) groups excluding carboxylic acids is 2. The highest BCUT2D eigenvalue weighted by Gasteiger charge is 2.47. The highest BCUT2D eigenvalue weighted by Crippen LogP contribution is 2.39. The molecule has 0 unspecified atom stereocenters. The molecule has 162 valence electrons. The van der Waals surface area contributed by atoms with E-state index in [-0.39, 0.29) is 30.3 Å². The Morgan fingerprint density at radius 1 is 1.27 bits per heavy atom. The van der Waals surface area contributed by atoms with E-state index in [2.05, 4.69) is 26.6 Å². The fourth-order valence-corrected chi connectivity index (χ4v) is 6.42. The van der Waals surface area contributed by atoms with Crippen molar-refractivity contribution in [1.29, 1.82) is 0 Å². The fourth-order valence-electron chi connectivity index (χ4n) is 5.45. The predicted molar refractivity (Wildman–Crippen MR) is 121 cm³/mol. The Bertz CT molecular complexity index is 886. The second-order valence-corrected chi connectivity index (χ2v) is 9.74. The van der Waals surface area contributed by atoms with Gasteiger partial charge >= 0.3 is 0 Å². The summed E-state index contributed by atoms with van der Waals surface area (Å²) in [4.78, 5) is 32.0. The summed E-state index contributed by atoms with van der Waals surface area (Å²) >= 11 is 1.66. The molecule has 3 aliphatic heterocycles. The number of fused-ring (bicyclic) bond motifs is 5. The van der Waals surface area contributed by atoms with Crippen LogP contribution in [0.1, 0.15) is 37.1 Å². The van der Waals surface area contributed by atoms with Gasteiger partial charge in [-0.05, 0) is 49.8 Å². The monoisotopic (exact) mass is 448 g/mol. The maximum atomic E-state index is 12.7. The number of carbonyl (C=O) groups is 2. The van der Waals surface area contributed by atoms with E-state index >= 15 is 0 Å². The maximum absolute atomic E-state index is 12.7. The molecule has 0 radical (unpaired) electrons. The van der Waals surface area contributed by atoms with Crippen molar-refractivity contribution in [1.82, 2.24) is 20.5 Å². The number of thiazole rings is 1. The van der Waals surface area contributed by atoms with Crippen molar-refractivity contribution in [2.24, 2.45) is 11.8 Å². The Balaban J connectivity index is 0.00000218. The van der Waals surface area contributed by atoms with Gasteiger partial charge in [0.2, 0.25) is 11.8 Å². The summed E-state index contributed by atoms with van der Waals surface area (Å²) in [6.07, 6.45) is 5.04. The minimum absolute atomic E-state index is 0. The van der Waals surface area contributed by atoms with Gasteiger partial charge < -0.3 is 15.5 Å². The van der Waals surface area contributed by atoms with Gasteiger partial charge in [-0.2, -0.15) is 0 Å². The first-order chi connectivity index (χ1) is 14.2. The molecule has 1 aromatic heterocycles. The van der Waals surface area contributed by atoms with E-state index in [1.54, 1.807) is 11.3 Å². The summed E-state index contributed by atoms with van der Waals surface area (Å²) in [6, 6.07) is 8.56. The lowest BCUT2D eigenvalue weighted by Gasteiger charge is -2.54. The van der Waals surface area contributed by atoms with Gasteiger partial charge in [0.05, 0.1) is 21.3 Å². The second-order valence-electron chi connectivity index (χ2n) is 8.62. The van der Waals surface area contributed by atoms with E-state index in [1.807, 2.05) is 18.2 Å². The van der Waals surface area contributed by atoms with Crippen LogP contribution in [0.4, 0.5) is 0 Å².